The lowest BCUT2D eigenvalue weighted by molar-refractivity contribution is 0.00100. The van der Waals surface area contributed by atoms with Crippen LogP contribution in [-0.4, -0.2) is 48.3 Å². The maximum atomic E-state index is 6.17. The highest BCUT2D eigenvalue weighted by Crippen LogP contribution is 2.26. The Morgan fingerprint density at radius 2 is 2.00 bits per heavy atom. The van der Waals surface area contributed by atoms with Crippen molar-refractivity contribution in [1.82, 2.24) is 14.8 Å². The van der Waals surface area contributed by atoms with Gasteiger partial charge in [-0.05, 0) is 43.7 Å². The number of likely N-dealkylation sites (tertiary alicyclic amines) is 1. The lowest BCUT2D eigenvalue weighted by Crippen LogP contribution is -2.47. The summed E-state index contributed by atoms with van der Waals surface area (Å²) in [5.41, 5.74) is 1.27. The molecule has 1 saturated heterocycles. The standard InChI is InChI=1S/C19H32N4O/c1-20-19(21-14-17-8-5-11-22(17)2)23-12-9-18(10-13-23)24-15-16-6-3-4-7-16/h5,8,11,16,18H,3-4,6-7,9-10,12-15H2,1-2H3,(H,20,21). The van der Waals surface area contributed by atoms with E-state index >= 15 is 0 Å². The van der Waals surface area contributed by atoms with Crippen molar-refractivity contribution >= 4 is 5.96 Å². The third kappa shape index (κ3) is 4.53. The molecule has 2 aliphatic rings. The van der Waals surface area contributed by atoms with E-state index in [1.807, 2.05) is 7.05 Å². The predicted octanol–water partition coefficient (Wildman–Crippen LogP) is 2.77. The van der Waals surface area contributed by atoms with Gasteiger partial charge in [0.1, 0.15) is 0 Å². The Kier molecular flexibility index (Phi) is 6.18. The van der Waals surface area contributed by atoms with Gasteiger partial charge in [0.25, 0.3) is 0 Å². The second-order valence-corrected chi connectivity index (χ2v) is 7.18. The Hall–Kier alpha value is -1.49. The van der Waals surface area contributed by atoms with Crippen molar-refractivity contribution < 1.29 is 4.74 Å². The third-order valence-corrected chi connectivity index (χ3v) is 5.47. The van der Waals surface area contributed by atoms with Crippen LogP contribution < -0.4 is 5.32 Å². The van der Waals surface area contributed by atoms with Gasteiger partial charge in [0, 0.05) is 45.7 Å². The Morgan fingerprint density at radius 1 is 1.25 bits per heavy atom. The normalized spacial score (nSPS) is 20.8. The van der Waals surface area contributed by atoms with Crippen LogP contribution in [0, 0.1) is 5.92 Å². The van der Waals surface area contributed by atoms with Crippen LogP contribution in [0.4, 0.5) is 0 Å². The molecule has 1 aromatic heterocycles. The molecular weight excluding hydrogens is 300 g/mol. The van der Waals surface area contributed by atoms with E-state index in [9.17, 15) is 0 Å². The number of guanidine groups is 1. The summed E-state index contributed by atoms with van der Waals surface area (Å²) in [4.78, 5) is 6.82. The van der Waals surface area contributed by atoms with Crippen LogP contribution in [0.3, 0.4) is 0 Å². The molecule has 24 heavy (non-hydrogen) atoms. The van der Waals surface area contributed by atoms with Gasteiger partial charge in [-0.2, -0.15) is 0 Å². The molecule has 0 spiro atoms. The van der Waals surface area contributed by atoms with Crippen molar-refractivity contribution in [2.24, 2.45) is 18.0 Å². The first-order valence-corrected chi connectivity index (χ1v) is 9.43. The van der Waals surface area contributed by atoms with E-state index in [-0.39, 0.29) is 0 Å². The van der Waals surface area contributed by atoms with Crippen LogP contribution in [0.25, 0.3) is 0 Å². The highest BCUT2D eigenvalue weighted by molar-refractivity contribution is 5.79. The van der Waals surface area contributed by atoms with Gasteiger partial charge >= 0.3 is 0 Å². The number of ether oxygens (including phenoxy) is 1. The quantitative estimate of drug-likeness (QED) is 0.666. The van der Waals surface area contributed by atoms with Crippen LogP contribution in [-0.2, 0) is 18.3 Å². The minimum absolute atomic E-state index is 0.438. The molecule has 5 nitrogen and oxygen atoms in total. The van der Waals surface area contributed by atoms with Crippen molar-refractivity contribution in [1.29, 1.82) is 0 Å². The van der Waals surface area contributed by atoms with Crippen molar-refractivity contribution in [3.05, 3.63) is 24.0 Å². The molecule has 0 radical (unpaired) electrons. The minimum Gasteiger partial charge on any atom is -0.378 e. The van der Waals surface area contributed by atoms with Crippen molar-refractivity contribution in [2.75, 3.05) is 26.7 Å². The topological polar surface area (TPSA) is 41.8 Å². The SMILES string of the molecule is CN=C(NCc1cccn1C)N1CCC(OCC2CCCC2)CC1. The highest BCUT2D eigenvalue weighted by atomic mass is 16.5. The average molecular weight is 332 g/mol. The number of rotatable bonds is 5. The van der Waals surface area contributed by atoms with Crippen LogP contribution in [0.5, 0.6) is 0 Å². The number of hydrogen-bond acceptors (Lipinski definition) is 2. The van der Waals surface area contributed by atoms with E-state index in [2.05, 4.69) is 45.2 Å². The Morgan fingerprint density at radius 3 is 2.62 bits per heavy atom. The summed E-state index contributed by atoms with van der Waals surface area (Å²) in [5, 5.41) is 3.49. The first kappa shape index (κ1) is 17.3. The van der Waals surface area contributed by atoms with Crippen LogP contribution >= 0.6 is 0 Å². The molecular formula is C19H32N4O. The molecule has 2 heterocycles. The van der Waals surface area contributed by atoms with Gasteiger partial charge < -0.3 is 19.5 Å². The van der Waals surface area contributed by atoms with Gasteiger partial charge in [-0.15, -0.1) is 0 Å². The Labute approximate surface area is 146 Å². The molecule has 1 aromatic rings. The zero-order valence-electron chi connectivity index (χ0n) is 15.2. The number of aryl methyl sites for hydroxylation is 1. The fraction of sp³-hybridized carbons (Fsp3) is 0.737. The molecule has 0 aromatic carbocycles. The highest BCUT2D eigenvalue weighted by Gasteiger charge is 2.23. The van der Waals surface area contributed by atoms with Gasteiger partial charge in [0.2, 0.25) is 0 Å². The summed E-state index contributed by atoms with van der Waals surface area (Å²) in [6, 6.07) is 4.22. The second-order valence-electron chi connectivity index (χ2n) is 7.18. The van der Waals surface area contributed by atoms with Crippen LogP contribution in [0.1, 0.15) is 44.2 Å². The van der Waals surface area contributed by atoms with Gasteiger partial charge in [0.05, 0.1) is 12.6 Å². The van der Waals surface area contributed by atoms with Gasteiger partial charge in [-0.3, -0.25) is 4.99 Å². The molecule has 3 rings (SSSR count). The monoisotopic (exact) mass is 332 g/mol. The minimum atomic E-state index is 0.438. The summed E-state index contributed by atoms with van der Waals surface area (Å²) in [6.07, 6.45) is 10.3. The van der Waals surface area contributed by atoms with Crippen molar-refractivity contribution in [2.45, 2.75) is 51.2 Å². The summed E-state index contributed by atoms with van der Waals surface area (Å²) < 4.78 is 8.32. The van der Waals surface area contributed by atoms with E-state index in [1.54, 1.807) is 0 Å². The number of aliphatic imine (C=N–C) groups is 1. The molecule has 0 unspecified atom stereocenters. The predicted molar refractivity (Wildman–Crippen MR) is 98.1 cm³/mol. The largest absolute Gasteiger partial charge is 0.378 e. The maximum Gasteiger partial charge on any atom is 0.193 e. The molecule has 134 valence electrons. The van der Waals surface area contributed by atoms with E-state index in [4.69, 9.17) is 4.74 Å². The maximum absolute atomic E-state index is 6.17. The Bertz CT molecular complexity index is 525. The van der Waals surface area contributed by atoms with Crippen molar-refractivity contribution in [3.63, 3.8) is 0 Å². The number of piperidine rings is 1. The Balaban J connectivity index is 1.40. The third-order valence-electron chi connectivity index (χ3n) is 5.47. The molecule has 1 aliphatic heterocycles. The zero-order valence-corrected chi connectivity index (χ0v) is 15.2. The van der Waals surface area contributed by atoms with Gasteiger partial charge in [-0.25, -0.2) is 0 Å². The second kappa shape index (κ2) is 8.56. The number of nitrogens with one attached hydrogen (secondary N) is 1. The summed E-state index contributed by atoms with van der Waals surface area (Å²) in [5.74, 6) is 1.83. The molecule has 5 heteroatoms. The fourth-order valence-electron chi connectivity index (χ4n) is 3.87. The molecule has 0 bridgehead atoms. The average Bonchev–Trinajstić information content (AvgIpc) is 3.26. The first-order valence-electron chi connectivity index (χ1n) is 9.43. The number of hydrogen-bond donors (Lipinski definition) is 1. The summed E-state index contributed by atoms with van der Waals surface area (Å²) in [7, 11) is 3.95. The zero-order chi connectivity index (χ0) is 16.8. The summed E-state index contributed by atoms with van der Waals surface area (Å²) in [6.45, 7) is 3.85. The number of nitrogens with zero attached hydrogens (tertiary/aromatic N) is 3. The number of aromatic nitrogens is 1. The van der Waals surface area contributed by atoms with Crippen LogP contribution in [0.15, 0.2) is 23.3 Å². The van der Waals surface area contributed by atoms with E-state index < -0.39 is 0 Å². The molecule has 1 saturated carbocycles. The molecule has 0 amide bonds. The molecule has 0 atom stereocenters. The lowest BCUT2D eigenvalue weighted by atomic mass is 10.1. The molecule has 2 fully saturated rings. The first-order chi connectivity index (χ1) is 11.8. The van der Waals surface area contributed by atoms with E-state index in [0.717, 1.165) is 51.0 Å². The lowest BCUT2D eigenvalue weighted by Gasteiger charge is -2.34. The van der Waals surface area contributed by atoms with E-state index in [0.29, 0.717) is 6.10 Å². The van der Waals surface area contributed by atoms with Crippen molar-refractivity contribution in [3.8, 4) is 0 Å². The van der Waals surface area contributed by atoms with E-state index in [1.165, 1.54) is 31.4 Å². The summed E-state index contributed by atoms with van der Waals surface area (Å²) >= 11 is 0. The fourth-order valence-corrected chi connectivity index (χ4v) is 3.87. The van der Waals surface area contributed by atoms with Crippen LogP contribution in [0.2, 0.25) is 0 Å². The van der Waals surface area contributed by atoms with Gasteiger partial charge in [0.15, 0.2) is 5.96 Å². The smallest absolute Gasteiger partial charge is 0.193 e. The molecule has 1 N–H and O–H groups in total. The molecule has 1 aliphatic carbocycles. The van der Waals surface area contributed by atoms with Gasteiger partial charge in [-0.1, -0.05) is 12.8 Å².